The third-order valence-corrected chi connectivity index (χ3v) is 1.31. The molecule has 0 aliphatic heterocycles. The van der Waals surface area contributed by atoms with Gasteiger partial charge < -0.3 is 4.74 Å². The maximum atomic E-state index is 11.7. The van der Waals surface area contributed by atoms with Gasteiger partial charge in [-0.05, 0) is 12.5 Å². The van der Waals surface area contributed by atoms with Crippen molar-refractivity contribution >= 4 is 11.6 Å². The molecule has 0 saturated carbocycles. The van der Waals surface area contributed by atoms with Gasteiger partial charge in [-0.3, -0.25) is 0 Å². The molecule has 0 spiro atoms. The Balaban J connectivity index is 3.70. The molecule has 0 aliphatic carbocycles. The van der Waals surface area contributed by atoms with E-state index in [9.17, 15) is 13.2 Å². The van der Waals surface area contributed by atoms with Gasteiger partial charge in [0.05, 0.1) is 6.61 Å². The molecule has 0 unspecified atom stereocenters. The van der Waals surface area contributed by atoms with E-state index in [2.05, 4.69) is 6.92 Å². The van der Waals surface area contributed by atoms with Gasteiger partial charge in [-0.25, -0.2) is 0 Å². The van der Waals surface area contributed by atoms with Crippen LogP contribution < -0.4 is 0 Å². The third-order valence-electron chi connectivity index (χ3n) is 0.940. The second kappa shape index (κ2) is 5.43. The van der Waals surface area contributed by atoms with Crippen LogP contribution in [0.5, 0.6) is 0 Å². The average molecular weight is 202 g/mol. The third kappa shape index (κ3) is 5.43. The Labute approximate surface area is 74.2 Å². The molecule has 0 rings (SSSR count). The monoisotopic (exact) mass is 201 g/mol. The highest BCUT2D eigenvalue weighted by molar-refractivity contribution is 6.30. The van der Waals surface area contributed by atoms with Gasteiger partial charge in [0.15, 0.2) is 0 Å². The van der Waals surface area contributed by atoms with Crippen LogP contribution in [0, 0.1) is 6.92 Å². The lowest BCUT2D eigenvalue weighted by Crippen LogP contribution is -2.08. The summed E-state index contributed by atoms with van der Waals surface area (Å²) in [7, 11) is 0. The quantitative estimate of drug-likeness (QED) is 0.636. The van der Waals surface area contributed by atoms with E-state index in [4.69, 9.17) is 16.3 Å². The normalized spacial score (nSPS) is 13.6. The van der Waals surface area contributed by atoms with Crippen LogP contribution in [0.25, 0.3) is 0 Å². The van der Waals surface area contributed by atoms with E-state index in [0.717, 1.165) is 6.08 Å². The predicted molar refractivity (Wildman–Crippen MR) is 40.8 cm³/mol. The van der Waals surface area contributed by atoms with E-state index < -0.39 is 11.2 Å². The minimum absolute atomic E-state index is 0.131. The molecule has 0 aromatic carbocycles. The van der Waals surface area contributed by atoms with Crippen molar-refractivity contribution in [3.8, 4) is 0 Å². The Morgan fingerprint density at radius 1 is 1.50 bits per heavy atom. The number of ether oxygens (including phenoxy) is 1. The number of hydrogen-bond donors (Lipinski definition) is 0. The zero-order chi connectivity index (χ0) is 9.61. The van der Waals surface area contributed by atoms with Crippen molar-refractivity contribution in [2.45, 2.75) is 12.6 Å². The summed E-state index contributed by atoms with van der Waals surface area (Å²) < 4.78 is 39.8. The molecule has 0 aliphatic rings. The summed E-state index contributed by atoms with van der Waals surface area (Å²) in [6.45, 7) is 3.65. The Hall–Kier alpha value is -0.220. The molecular formula is C7H9ClF3O. The summed E-state index contributed by atoms with van der Waals surface area (Å²) in [5.74, 6) is 0. The van der Waals surface area contributed by atoms with Crippen molar-refractivity contribution in [2.75, 3.05) is 13.2 Å². The number of alkyl halides is 3. The van der Waals surface area contributed by atoms with Crippen molar-refractivity contribution < 1.29 is 17.9 Å². The smallest absolute Gasteiger partial charge is 0.377 e. The highest BCUT2D eigenvalue weighted by Crippen LogP contribution is 2.28. The predicted octanol–water partition coefficient (Wildman–Crippen LogP) is 2.91. The summed E-state index contributed by atoms with van der Waals surface area (Å²) in [5.41, 5.74) is 0. The van der Waals surface area contributed by atoms with Crippen LogP contribution in [-0.2, 0) is 4.74 Å². The van der Waals surface area contributed by atoms with Crippen LogP contribution in [0.4, 0.5) is 13.2 Å². The van der Waals surface area contributed by atoms with E-state index in [0.29, 0.717) is 13.0 Å². The van der Waals surface area contributed by atoms with Crippen molar-refractivity contribution in [1.82, 2.24) is 0 Å². The van der Waals surface area contributed by atoms with E-state index in [1.165, 1.54) is 0 Å². The van der Waals surface area contributed by atoms with Crippen LogP contribution in [0.2, 0.25) is 0 Å². The first kappa shape index (κ1) is 11.8. The van der Waals surface area contributed by atoms with Gasteiger partial charge in [-0.1, -0.05) is 18.5 Å². The number of rotatable bonds is 4. The molecule has 1 radical (unpaired) electrons. The van der Waals surface area contributed by atoms with Crippen LogP contribution in [0.3, 0.4) is 0 Å². The van der Waals surface area contributed by atoms with Crippen molar-refractivity contribution in [1.29, 1.82) is 0 Å². The number of allylic oxidation sites excluding steroid dienone is 1. The molecule has 0 amide bonds. The summed E-state index contributed by atoms with van der Waals surface area (Å²) in [6, 6.07) is 0. The molecule has 0 bridgehead atoms. The number of halogens is 4. The first-order valence-electron chi connectivity index (χ1n) is 3.28. The fraction of sp³-hybridized carbons (Fsp3) is 0.571. The molecule has 0 aromatic heterocycles. The van der Waals surface area contributed by atoms with Crippen LogP contribution in [-0.4, -0.2) is 19.4 Å². The molecule has 0 aromatic rings. The summed E-state index contributed by atoms with van der Waals surface area (Å²) in [5, 5.41) is -1.15. The topological polar surface area (TPSA) is 9.23 Å². The van der Waals surface area contributed by atoms with Gasteiger partial charge in [0.1, 0.15) is 5.03 Å². The van der Waals surface area contributed by atoms with Crippen molar-refractivity contribution in [3.05, 3.63) is 18.0 Å². The van der Waals surface area contributed by atoms with Gasteiger partial charge in [0, 0.05) is 6.61 Å². The second-order valence-electron chi connectivity index (χ2n) is 1.98. The average Bonchev–Trinajstić information content (AvgIpc) is 1.96. The van der Waals surface area contributed by atoms with E-state index in [-0.39, 0.29) is 6.61 Å². The first-order valence-corrected chi connectivity index (χ1v) is 3.66. The molecule has 5 heteroatoms. The maximum absolute atomic E-state index is 11.7. The summed E-state index contributed by atoms with van der Waals surface area (Å²) in [6.07, 6.45) is -3.15. The van der Waals surface area contributed by atoms with Gasteiger partial charge in [0.25, 0.3) is 0 Å². The SMILES string of the molecule is [CH2]CCOCC=C(Cl)C(F)(F)F. The van der Waals surface area contributed by atoms with E-state index in [1.807, 2.05) is 0 Å². The van der Waals surface area contributed by atoms with Gasteiger partial charge in [-0.2, -0.15) is 13.2 Å². The van der Waals surface area contributed by atoms with Gasteiger partial charge >= 0.3 is 6.18 Å². The second-order valence-corrected chi connectivity index (χ2v) is 2.39. The molecule has 0 N–H and O–H groups in total. The van der Waals surface area contributed by atoms with Crippen molar-refractivity contribution in [2.24, 2.45) is 0 Å². The zero-order valence-corrected chi connectivity index (χ0v) is 7.08. The zero-order valence-electron chi connectivity index (χ0n) is 6.33. The van der Waals surface area contributed by atoms with E-state index >= 15 is 0 Å². The fourth-order valence-corrected chi connectivity index (χ4v) is 0.496. The highest BCUT2D eigenvalue weighted by Gasteiger charge is 2.31. The minimum Gasteiger partial charge on any atom is -0.377 e. The molecule has 0 heterocycles. The Morgan fingerprint density at radius 3 is 2.50 bits per heavy atom. The van der Waals surface area contributed by atoms with Crippen LogP contribution >= 0.6 is 11.6 Å². The highest BCUT2D eigenvalue weighted by atomic mass is 35.5. The number of hydrogen-bond acceptors (Lipinski definition) is 1. The Bertz CT molecular complexity index is 153. The first-order chi connectivity index (χ1) is 5.48. The summed E-state index contributed by atoms with van der Waals surface area (Å²) >= 11 is 4.88. The lowest BCUT2D eigenvalue weighted by Gasteiger charge is -2.03. The standard InChI is InChI=1S/C7H9ClF3O/c1-2-4-12-5-3-6(8)7(9,10)11/h3H,1-2,4-5H2. The van der Waals surface area contributed by atoms with Crippen LogP contribution in [0.1, 0.15) is 6.42 Å². The molecule has 1 nitrogen and oxygen atoms in total. The Morgan fingerprint density at radius 2 is 2.08 bits per heavy atom. The van der Waals surface area contributed by atoms with Crippen molar-refractivity contribution in [3.63, 3.8) is 0 Å². The maximum Gasteiger partial charge on any atom is 0.426 e. The lowest BCUT2D eigenvalue weighted by molar-refractivity contribution is -0.0850. The molecule has 0 fully saturated rings. The molecule has 0 atom stereocenters. The summed E-state index contributed by atoms with van der Waals surface area (Å²) in [4.78, 5) is 0. The lowest BCUT2D eigenvalue weighted by atomic mass is 10.5. The minimum atomic E-state index is -4.46. The van der Waals surface area contributed by atoms with Gasteiger partial charge in [-0.15, -0.1) is 0 Å². The molecular weight excluding hydrogens is 193 g/mol. The molecule has 71 valence electrons. The Kier molecular flexibility index (Phi) is 5.33. The fourth-order valence-electron chi connectivity index (χ4n) is 0.433. The van der Waals surface area contributed by atoms with Crippen LogP contribution in [0.15, 0.2) is 11.1 Å². The largest absolute Gasteiger partial charge is 0.426 e. The van der Waals surface area contributed by atoms with E-state index in [1.54, 1.807) is 0 Å². The molecule has 12 heavy (non-hydrogen) atoms. The van der Waals surface area contributed by atoms with Gasteiger partial charge in [0.2, 0.25) is 0 Å². The molecule has 0 saturated heterocycles.